The molecule has 0 bridgehead atoms. The fourth-order valence-electron chi connectivity index (χ4n) is 3.82. The van der Waals surface area contributed by atoms with Crippen molar-refractivity contribution in [2.24, 2.45) is 7.05 Å². The van der Waals surface area contributed by atoms with E-state index in [0.717, 1.165) is 19.3 Å². The molecule has 0 amide bonds. The van der Waals surface area contributed by atoms with Crippen LogP contribution in [0.4, 0.5) is 4.39 Å². The van der Waals surface area contributed by atoms with Crippen molar-refractivity contribution < 1.29 is 13.9 Å². The lowest BCUT2D eigenvalue weighted by Gasteiger charge is -2.23. The first-order chi connectivity index (χ1) is 13.5. The summed E-state index contributed by atoms with van der Waals surface area (Å²) in [5.41, 5.74) is 2.15. The molecule has 0 aliphatic carbocycles. The van der Waals surface area contributed by atoms with Crippen LogP contribution in [0.15, 0.2) is 23.5 Å². The molecule has 4 rings (SSSR count). The number of aromatic nitrogens is 4. The van der Waals surface area contributed by atoms with Crippen LogP contribution >= 0.6 is 0 Å². The maximum Gasteiger partial charge on any atom is 0.274 e. The highest BCUT2D eigenvalue weighted by atomic mass is 19.1. The number of hydrogen-bond acceptors (Lipinski definition) is 4. The Balaban J connectivity index is 1.92. The lowest BCUT2D eigenvalue weighted by atomic mass is 10.0. The first-order valence-electron chi connectivity index (χ1n) is 9.28. The first kappa shape index (κ1) is 18.6. The van der Waals surface area contributed by atoms with E-state index in [-0.39, 0.29) is 18.4 Å². The molecular formula is C20H23FN4O3. The molecular weight excluding hydrogens is 363 g/mol. The Bertz CT molecular complexity index is 1090. The molecule has 0 radical (unpaired) electrons. The molecule has 1 N–H and O–H groups in total. The van der Waals surface area contributed by atoms with E-state index >= 15 is 4.39 Å². The largest absolute Gasteiger partial charge is 0.378 e. The second-order valence-corrected chi connectivity index (χ2v) is 6.97. The molecule has 3 aromatic rings. The molecule has 1 fully saturated rings. The predicted octanol–water partition coefficient (Wildman–Crippen LogP) is 3.36. The van der Waals surface area contributed by atoms with E-state index in [0.29, 0.717) is 40.0 Å². The minimum absolute atomic E-state index is 0.217. The van der Waals surface area contributed by atoms with Gasteiger partial charge in [0.25, 0.3) is 5.56 Å². The van der Waals surface area contributed by atoms with Crippen molar-refractivity contribution in [3.05, 3.63) is 46.3 Å². The quantitative estimate of drug-likeness (QED) is 0.730. The van der Waals surface area contributed by atoms with E-state index in [1.807, 2.05) is 0 Å². The zero-order chi connectivity index (χ0) is 19.8. The van der Waals surface area contributed by atoms with Crippen LogP contribution in [-0.4, -0.2) is 33.3 Å². The molecule has 2 aromatic heterocycles. The molecule has 148 valence electrons. The number of ether oxygens (including phenoxy) is 2. The van der Waals surface area contributed by atoms with Gasteiger partial charge in [0, 0.05) is 26.2 Å². The van der Waals surface area contributed by atoms with E-state index < -0.39 is 5.82 Å². The van der Waals surface area contributed by atoms with E-state index in [4.69, 9.17) is 9.47 Å². The third kappa shape index (κ3) is 2.98. The van der Waals surface area contributed by atoms with Crippen molar-refractivity contribution in [1.29, 1.82) is 0 Å². The van der Waals surface area contributed by atoms with Crippen molar-refractivity contribution in [2.75, 3.05) is 13.7 Å². The third-order valence-electron chi connectivity index (χ3n) is 5.11. The van der Waals surface area contributed by atoms with Gasteiger partial charge in [-0.15, -0.1) is 0 Å². The highest BCUT2D eigenvalue weighted by molar-refractivity contribution is 5.91. The van der Waals surface area contributed by atoms with Gasteiger partial charge >= 0.3 is 0 Å². The first-order valence-corrected chi connectivity index (χ1v) is 9.28. The number of nitrogens with one attached hydrogen (secondary N) is 1. The number of halogens is 1. The number of rotatable bonds is 5. The van der Waals surface area contributed by atoms with E-state index in [9.17, 15) is 4.79 Å². The molecule has 1 aromatic carbocycles. The van der Waals surface area contributed by atoms with E-state index in [2.05, 4.69) is 16.8 Å². The Morgan fingerprint density at radius 3 is 2.96 bits per heavy atom. The van der Waals surface area contributed by atoms with Gasteiger partial charge in [0.05, 0.1) is 23.6 Å². The predicted molar refractivity (Wildman–Crippen MR) is 104 cm³/mol. The van der Waals surface area contributed by atoms with Gasteiger partial charge in [-0.25, -0.2) is 9.07 Å². The van der Waals surface area contributed by atoms with Crippen LogP contribution in [0.2, 0.25) is 0 Å². The molecule has 0 saturated carbocycles. The fraction of sp³-hybridized carbons (Fsp3) is 0.400. The van der Waals surface area contributed by atoms with Crippen molar-refractivity contribution >= 4 is 17.0 Å². The number of fused-ring (bicyclic) bond motifs is 1. The van der Waals surface area contributed by atoms with Crippen LogP contribution in [0.5, 0.6) is 0 Å². The molecule has 3 heterocycles. The minimum atomic E-state index is -0.450. The zero-order valence-corrected chi connectivity index (χ0v) is 16.0. The monoisotopic (exact) mass is 386 g/mol. The summed E-state index contributed by atoms with van der Waals surface area (Å²) >= 11 is 0. The second kappa shape index (κ2) is 7.37. The number of benzene rings is 1. The van der Waals surface area contributed by atoms with Crippen LogP contribution in [0.1, 0.15) is 36.9 Å². The van der Waals surface area contributed by atoms with Gasteiger partial charge < -0.3 is 9.47 Å². The average molecular weight is 386 g/mol. The second-order valence-electron chi connectivity index (χ2n) is 6.97. The number of aryl methyl sites for hydroxylation is 1. The lowest BCUT2D eigenvalue weighted by molar-refractivity contribution is -0.0369. The van der Waals surface area contributed by atoms with Gasteiger partial charge in [0.1, 0.15) is 11.3 Å². The molecule has 28 heavy (non-hydrogen) atoms. The normalized spacial score (nSPS) is 17.3. The standard InChI is InChI=1S/C20H23FN4O3/c1-4-15-13-9-12(18-16(11-27-3)22-24(2)20(18)26)10-14(21)19(13)25(23-15)17-7-5-6-8-28-17/h4,9-10,17,22H,1,5-8,11H2,2-3H3. The summed E-state index contributed by atoms with van der Waals surface area (Å²) < 4.78 is 29.2. The van der Waals surface area contributed by atoms with Gasteiger partial charge in [-0.05, 0) is 43.0 Å². The van der Waals surface area contributed by atoms with E-state index in [1.54, 1.807) is 31.0 Å². The van der Waals surface area contributed by atoms with Crippen LogP contribution < -0.4 is 5.56 Å². The van der Waals surface area contributed by atoms with Crippen LogP contribution in [0.25, 0.3) is 28.1 Å². The minimum Gasteiger partial charge on any atom is -0.378 e. The van der Waals surface area contributed by atoms with Crippen LogP contribution in [0.3, 0.4) is 0 Å². The summed E-state index contributed by atoms with van der Waals surface area (Å²) in [6.07, 6.45) is 4.08. The number of H-pyrrole nitrogens is 1. The number of aromatic amines is 1. The van der Waals surface area contributed by atoms with Gasteiger partial charge in [0.15, 0.2) is 6.23 Å². The average Bonchev–Trinajstić information content (AvgIpc) is 3.20. The fourth-order valence-corrected chi connectivity index (χ4v) is 3.82. The van der Waals surface area contributed by atoms with Crippen LogP contribution in [0, 0.1) is 5.82 Å². The zero-order valence-electron chi connectivity index (χ0n) is 16.0. The summed E-state index contributed by atoms with van der Waals surface area (Å²) in [7, 11) is 3.16. The number of nitrogens with zero attached hydrogens (tertiary/aromatic N) is 3. The topological polar surface area (TPSA) is 74.1 Å². The Hall–Kier alpha value is -2.71. The van der Waals surface area contributed by atoms with Crippen molar-refractivity contribution in [1.82, 2.24) is 19.6 Å². The molecule has 1 aliphatic rings. The molecule has 1 aliphatic heterocycles. The summed E-state index contributed by atoms with van der Waals surface area (Å²) in [6, 6.07) is 3.16. The summed E-state index contributed by atoms with van der Waals surface area (Å²) in [5, 5.41) is 8.09. The third-order valence-corrected chi connectivity index (χ3v) is 5.11. The molecule has 1 unspecified atom stereocenters. The highest BCUT2D eigenvalue weighted by Crippen LogP contribution is 2.33. The summed E-state index contributed by atoms with van der Waals surface area (Å²) in [4.78, 5) is 12.6. The van der Waals surface area contributed by atoms with Gasteiger partial charge in [0.2, 0.25) is 0 Å². The van der Waals surface area contributed by atoms with Gasteiger partial charge in [-0.3, -0.25) is 14.6 Å². The summed E-state index contributed by atoms with van der Waals surface area (Å²) in [6.45, 7) is 4.66. The van der Waals surface area contributed by atoms with E-state index in [1.165, 1.54) is 10.7 Å². The van der Waals surface area contributed by atoms with Crippen molar-refractivity contribution in [3.8, 4) is 11.1 Å². The Morgan fingerprint density at radius 1 is 1.46 bits per heavy atom. The molecule has 1 saturated heterocycles. The highest BCUT2D eigenvalue weighted by Gasteiger charge is 2.24. The maximum atomic E-state index is 15.3. The number of methoxy groups -OCH3 is 1. The van der Waals surface area contributed by atoms with Crippen molar-refractivity contribution in [3.63, 3.8) is 0 Å². The number of hydrogen-bond donors (Lipinski definition) is 1. The van der Waals surface area contributed by atoms with Crippen LogP contribution in [-0.2, 0) is 23.1 Å². The molecule has 8 heteroatoms. The molecule has 0 spiro atoms. The summed E-state index contributed by atoms with van der Waals surface area (Å²) in [5.74, 6) is -0.450. The maximum absolute atomic E-state index is 15.3. The van der Waals surface area contributed by atoms with Gasteiger partial charge in [-0.1, -0.05) is 6.58 Å². The smallest absolute Gasteiger partial charge is 0.274 e. The Labute approximate surface area is 161 Å². The SMILES string of the molecule is C=Cc1nn(C2CCCCO2)c2c(F)cc(-c3c(COC)[nH]n(C)c3=O)cc12. The Morgan fingerprint density at radius 2 is 2.29 bits per heavy atom. The lowest BCUT2D eigenvalue weighted by Crippen LogP contribution is -2.19. The van der Waals surface area contributed by atoms with Gasteiger partial charge in [-0.2, -0.15) is 5.10 Å². The Kier molecular flexibility index (Phi) is 4.91. The molecule has 7 nitrogen and oxygen atoms in total. The van der Waals surface area contributed by atoms with Crippen molar-refractivity contribution in [2.45, 2.75) is 32.1 Å². The molecule has 1 atom stereocenters.